The van der Waals surface area contributed by atoms with E-state index < -0.39 is 57.4 Å². The summed E-state index contributed by atoms with van der Waals surface area (Å²) < 4.78 is 38.0. The Kier molecular flexibility index (Phi) is 12.6. The normalized spacial score (nSPS) is 32.5. The molecule has 2 bridgehead atoms. The number of nitrogens with zero attached hydrogens (tertiary/aromatic N) is 3. The predicted molar refractivity (Wildman–Crippen MR) is 272 cm³/mol. The van der Waals surface area contributed by atoms with E-state index in [-0.39, 0.29) is 17.8 Å². The third kappa shape index (κ3) is 7.31. The SMILES string of the molecule is CC[C@]1(NC(=S)NCCc2ccc(F)cc2)C[C@@H]2CN(CCc3c([nH]c4ccccc34)[C@@](C(=O)OC)(c3cc4c(cc3OC)N(C)[C@H]3[C@@](O)(C(=O)OC)[C@H](OC(C)=O)[C@]5(CC)C=CCN6CC[C@]43[C@@H]65)C2)C1. The number of likely N-dealkylation sites (N-methyl/N-ethyl adjacent to an activating group) is 1. The summed E-state index contributed by atoms with van der Waals surface area (Å²) in [4.78, 5) is 54.2. The van der Waals surface area contributed by atoms with Crippen LogP contribution in [0.3, 0.4) is 0 Å². The zero-order valence-electron chi connectivity index (χ0n) is 41.9. The van der Waals surface area contributed by atoms with Crippen LogP contribution in [0.15, 0.2) is 72.8 Å². The molecule has 1 spiro atoms. The first-order valence-corrected chi connectivity index (χ1v) is 25.6. The summed E-state index contributed by atoms with van der Waals surface area (Å²) in [6.45, 7) is 9.56. The highest BCUT2D eigenvalue weighted by molar-refractivity contribution is 7.80. The van der Waals surface area contributed by atoms with Gasteiger partial charge in [0.25, 0.3) is 0 Å². The fraction of sp³-hybridized carbons (Fsp3) is 0.527. The molecule has 1 unspecified atom stereocenters. The molecule has 6 heterocycles. The molecule has 71 heavy (non-hydrogen) atoms. The number of fused-ring (bicyclic) bond motifs is 6. The number of esters is 3. The van der Waals surface area contributed by atoms with Crippen molar-refractivity contribution in [2.75, 3.05) is 72.5 Å². The van der Waals surface area contributed by atoms with Crippen LogP contribution >= 0.6 is 12.2 Å². The highest BCUT2D eigenvalue weighted by Gasteiger charge is 2.80. The number of benzene rings is 3. The van der Waals surface area contributed by atoms with Crippen LogP contribution in [0.4, 0.5) is 10.1 Å². The first-order chi connectivity index (χ1) is 34.1. The lowest BCUT2D eigenvalue weighted by Gasteiger charge is -2.63. The van der Waals surface area contributed by atoms with Crippen LogP contribution < -0.4 is 20.3 Å². The standard InChI is InChI=1S/C55H67FN6O8S/c1-8-51(59-50(71)57-23-19-34-15-17-36(56)18-16-34)29-35-30-54(48(64)68-6,44-38(20-25-61(31-35)32-51)37-13-10-11-14-41(37)58-44)40-27-39-42(28-43(40)67-5)60(4)46-53(39)22-26-62-24-12-21-52(9-2,45(53)62)47(70-33(3)63)55(46,66)49(65)69-7/h10-18,21,27-28,35,45-47,58,66H,8-9,19-20,22-26,29-32H2,1-7H3,(H2,57,59,71)/t35-,45-,46+,47+,51-,52+,53+,54-,55-/m0/s1. The summed E-state index contributed by atoms with van der Waals surface area (Å²) in [5.74, 6) is -1.81. The van der Waals surface area contributed by atoms with Gasteiger partial charge in [0, 0.05) is 97.5 Å². The van der Waals surface area contributed by atoms with Crippen LogP contribution in [0, 0.1) is 17.2 Å². The molecule has 1 saturated carbocycles. The van der Waals surface area contributed by atoms with Crippen molar-refractivity contribution >= 4 is 51.8 Å². The molecule has 1 aromatic heterocycles. The van der Waals surface area contributed by atoms with E-state index >= 15 is 4.79 Å². The molecule has 10 rings (SSSR count). The van der Waals surface area contributed by atoms with Gasteiger partial charge in [0.1, 0.15) is 17.0 Å². The third-order valence-electron chi connectivity index (χ3n) is 17.6. The van der Waals surface area contributed by atoms with Crippen LogP contribution in [0.25, 0.3) is 10.9 Å². The Balaban J connectivity index is 1.15. The highest BCUT2D eigenvalue weighted by atomic mass is 32.1. The molecule has 4 N–H and O–H groups in total. The van der Waals surface area contributed by atoms with Crippen LogP contribution in [0.5, 0.6) is 5.75 Å². The number of aliphatic hydroxyl groups is 1. The fourth-order valence-electron chi connectivity index (χ4n) is 15.0. The van der Waals surface area contributed by atoms with E-state index in [1.165, 1.54) is 33.3 Å². The number of carbonyl (C=O) groups is 3. The fourth-order valence-corrected chi connectivity index (χ4v) is 15.3. The molecule has 1 aliphatic carbocycles. The van der Waals surface area contributed by atoms with Gasteiger partial charge >= 0.3 is 17.9 Å². The molecule has 14 nitrogen and oxygen atoms in total. The lowest BCUT2D eigenvalue weighted by molar-refractivity contribution is -0.228. The second-order valence-corrected chi connectivity index (χ2v) is 21.4. The van der Waals surface area contributed by atoms with Crippen molar-refractivity contribution in [3.05, 3.63) is 107 Å². The van der Waals surface area contributed by atoms with Crippen molar-refractivity contribution in [3.63, 3.8) is 0 Å². The van der Waals surface area contributed by atoms with E-state index in [0.717, 1.165) is 65.0 Å². The van der Waals surface area contributed by atoms with Gasteiger partial charge in [-0.15, -0.1) is 0 Å². The third-order valence-corrected chi connectivity index (χ3v) is 17.9. The Hall–Kier alpha value is -5.55. The number of piperidine rings is 1. The number of para-hydroxylation sites is 1. The number of halogens is 1. The first kappa shape index (κ1) is 49.0. The van der Waals surface area contributed by atoms with Gasteiger partial charge in [-0.2, -0.15) is 0 Å². The van der Waals surface area contributed by atoms with Gasteiger partial charge in [0.2, 0.25) is 5.60 Å². The monoisotopic (exact) mass is 990 g/mol. The molecule has 4 aromatic rings. The largest absolute Gasteiger partial charge is 0.496 e. The van der Waals surface area contributed by atoms with Crippen molar-refractivity contribution < 1.29 is 42.8 Å². The number of rotatable bonds is 11. The number of H-pyrrole nitrogens is 1. The minimum atomic E-state index is -2.33. The topological polar surface area (TPSA) is 158 Å². The molecule has 5 aliphatic heterocycles. The molecule has 10 atom stereocenters. The zero-order valence-corrected chi connectivity index (χ0v) is 42.7. The van der Waals surface area contributed by atoms with E-state index in [1.54, 1.807) is 19.2 Å². The number of anilines is 1. The minimum absolute atomic E-state index is 0.0667. The average molecular weight is 991 g/mol. The Bertz CT molecular complexity index is 2810. The quantitative estimate of drug-likeness (QED) is 0.0615. The summed E-state index contributed by atoms with van der Waals surface area (Å²) >= 11 is 6.01. The van der Waals surface area contributed by atoms with Crippen LogP contribution in [-0.4, -0.2) is 140 Å². The number of ether oxygens (including phenoxy) is 4. The smallest absolute Gasteiger partial charge is 0.344 e. The van der Waals surface area contributed by atoms with Gasteiger partial charge in [-0.05, 0) is 111 Å². The number of thiocarbonyl (C=S) groups is 1. The number of carbonyl (C=O) groups excluding carboxylic acids is 3. The van der Waals surface area contributed by atoms with Crippen molar-refractivity contribution in [1.82, 2.24) is 25.4 Å². The molecule has 6 aliphatic rings. The maximum Gasteiger partial charge on any atom is 0.344 e. The van der Waals surface area contributed by atoms with Crippen molar-refractivity contribution in [2.24, 2.45) is 11.3 Å². The maximum atomic E-state index is 15.7. The number of nitrogens with one attached hydrogen (secondary N) is 3. The molecule has 2 saturated heterocycles. The molecular weight excluding hydrogens is 924 g/mol. The van der Waals surface area contributed by atoms with Crippen LogP contribution in [0.1, 0.15) is 80.8 Å². The molecule has 3 aromatic carbocycles. The Morgan fingerprint density at radius 2 is 1.72 bits per heavy atom. The molecular formula is C55H67FN6O8S. The lowest BCUT2D eigenvalue weighted by Crippen LogP contribution is -2.81. The summed E-state index contributed by atoms with van der Waals surface area (Å²) in [6.07, 6.45) is 6.96. The van der Waals surface area contributed by atoms with E-state index in [4.69, 9.17) is 31.2 Å². The van der Waals surface area contributed by atoms with Crippen LogP contribution in [0.2, 0.25) is 0 Å². The second-order valence-electron chi connectivity index (χ2n) is 21.0. The minimum Gasteiger partial charge on any atom is -0.496 e. The van der Waals surface area contributed by atoms with Crippen molar-refractivity contribution in [2.45, 2.75) is 106 Å². The molecule has 0 amide bonds. The Morgan fingerprint density at radius 1 is 0.958 bits per heavy atom. The molecule has 3 fully saturated rings. The number of hydrogen-bond acceptors (Lipinski definition) is 12. The summed E-state index contributed by atoms with van der Waals surface area (Å²) in [6, 6.07) is 17.5. The van der Waals surface area contributed by atoms with E-state index in [2.05, 4.69) is 62.7 Å². The van der Waals surface area contributed by atoms with Gasteiger partial charge in [-0.25, -0.2) is 9.18 Å². The second kappa shape index (κ2) is 18.2. The van der Waals surface area contributed by atoms with E-state index in [9.17, 15) is 19.1 Å². The Labute approximate surface area is 420 Å². The van der Waals surface area contributed by atoms with Gasteiger partial charge in [0.15, 0.2) is 11.2 Å². The zero-order chi connectivity index (χ0) is 50.3. The van der Waals surface area contributed by atoms with Crippen molar-refractivity contribution in [3.8, 4) is 5.75 Å². The lowest BCUT2D eigenvalue weighted by atomic mass is 9.47. The number of aromatic nitrogens is 1. The number of methoxy groups -OCH3 is 3. The van der Waals surface area contributed by atoms with E-state index in [0.29, 0.717) is 74.6 Å². The first-order valence-electron chi connectivity index (χ1n) is 25.2. The summed E-state index contributed by atoms with van der Waals surface area (Å²) in [7, 11) is 6.20. The summed E-state index contributed by atoms with van der Waals surface area (Å²) in [5.41, 5.74) is -0.245. The van der Waals surface area contributed by atoms with Gasteiger partial charge in [-0.1, -0.05) is 56.3 Å². The Morgan fingerprint density at radius 3 is 2.42 bits per heavy atom. The van der Waals surface area contributed by atoms with Gasteiger partial charge in [-0.3, -0.25) is 14.5 Å². The van der Waals surface area contributed by atoms with Gasteiger partial charge < -0.3 is 49.5 Å². The van der Waals surface area contributed by atoms with Gasteiger partial charge in [0.05, 0.1) is 32.9 Å². The maximum absolute atomic E-state index is 15.7. The average Bonchev–Trinajstić information content (AvgIpc) is 4.03. The highest BCUT2D eigenvalue weighted by Crippen LogP contribution is 2.68. The predicted octanol–water partition coefficient (Wildman–Crippen LogP) is 5.84. The molecule has 16 heteroatoms. The molecule has 378 valence electrons. The van der Waals surface area contributed by atoms with Crippen LogP contribution in [-0.2, 0) is 52.3 Å². The number of aromatic amines is 1. The van der Waals surface area contributed by atoms with Crippen molar-refractivity contribution in [1.29, 1.82) is 0 Å². The summed E-state index contributed by atoms with van der Waals surface area (Å²) in [5, 5.41) is 22.3. The van der Waals surface area contributed by atoms with E-state index in [1.807, 2.05) is 37.1 Å². The molecule has 0 radical (unpaired) electrons. The number of hydrogen-bond donors (Lipinski definition) is 4.